The molecule has 9 heteroatoms. The zero-order chi connectivity index (χ0) is 23.3. The van der Waals surface area contributed by atoms with Gasteiger partial charge in [-0.15, -0.1) is 0 Å². The minimum atomic E-state index is -4.45. The van der Waals surface area contributed by atoms with Crippen LogP contribution in [-0.4, -0.2) is 29.0 Å². The Morgan fingerprint density at radius 2 is 1.73 bits per heavy atom. The first-order chi connectivity index (χ1) is 15.9. The summed E-state index contributed by atoms with van der Waals surface area (Å²) in [5, 5.41) is 2.67. The molecular weight excluding hydrogens is 433 g/mol. The van der Waals surface area contributed by atoms with Gasteiger partial charge in [0.05, 0.1) is 5.56 Å². The highest BCUT2D eigenvalue weighted by molar-refractivity contribution is 5.79. The van der Waals surface area contributed by atoms with Crippen molar-refractivity contribution >= 4 is 11.7 Å². The summed E-state index contributed by atoms with van der Waals surface area (Å²) < 4.78 is 45.2. The third-order valence-electron chi connectivity index (χ3n) is 5.56. The fraction of sp³-hybridized carbons (Fsp3) is 0.292. The van der Waals surface area contributed by atoms with Crippen molar-refractivity contribution in [1.29, 1.82) is 0 Å². The summed E-state index contributed by atoms with van der Waals surface area (Å²) >= 11 is 0. The van der Waals surface area contributed by atoms with Crippen molar-refractivity contribution in [3.8, 4) is 11.6 Å². The summed E-state index contributed by atoms with van der Waals surface area (Å²) in [5.41, 5.74) is -0.667. The van der Waals surface area contributed by atoms with Gasteiger partial charge in [-0.25, -0.2) is 9.97 Å². The first-order valence-electron chi connectivity index (χ1n) is 10.6. The molecule has 0 radical (unpaired) electrons. The number of piperidine rings is 1. The summed E-state index contributed by atoms with van der Waals surface area (Å²) in [5.74, 6) is 1.30. The maximum atomic E-state index is 13.1. The van der Waals surface area contributed by atoms with Gasteiger partial charge in [0.25, 0.3) is 0 Å². The Bertz CT molecular complexity index is 1080. The van der Waals surface area contributed by atoms with E-state index in [0.717, 1.165) is 6.07 Å². The van der Waals surface area contributed by atoms with Gasteiger partial charge in [0.2, 0.25) is 11.8 Å². The van der Waals surface area contributed by atoms with Crippen molar-refractivity contribution in [2.75, 3.05) is 18.0 Å². The molecule has 2 heterocycles. The van der Waals surface area contributed by atoms with Crippen molar-refractivity contribution in [2.24, 2.45) is 5.92 Å². The number of halogens is 3. The van der Waals surface area contributed by atoms with E-state index in [1.807, 2.05) is 35.2 Å². The number of nitrogens with zero attached hydrogens (tertiary/aromatic N) is 3. The van der Waals surface area contributed by atoms with E-state index in [1.54, 1.807) is 6.07 Å². The quantitative estimate of drug-likeness (QED) is 0.576. The molecule has 6 nitrogen and oxygen atoms in total. The van der Waals surface area contributed by atoms with E-state index in [0.29, 0.717) is 43.4 Å². The molecule has 1 amide bonds. The number of nitrogens with one attached hydrogen (secondary N) is 1. The lowest BCUT2D eigenvalue weighted by atomic mass is 9.95. The van der Waals surface area contributed by atoms with Crippen LogP contribution in [0.2, 0.25) is 0 Å². The lowest BCUT2D eigenvalue weighted by Crippen LogP contribution is -2.40. The second-order valence-electron chi connectivity index (χ2n) is 7.76. The zero-order valence-electron chi connectivity index (χ0n) is 17.8. The predicted molar refractivity (Wildman–Crippen MR) is 117 cm³/mol. The van der Waals surface area contributed by atoms with E-state index in [-0.39, 0.29) is 23.9 Å². The van der Waals surface area contributed by atoms with Gasteiger partial charge >= 0.3 is 6.18 Å². The van der Waals surface area contributed by atoms with Crippen molar-refractivity contribution in [3.05, 3.63) is 78.1 Å². The number of ether oxygens (including phenoxy) is 1. The number of rotatable bonds is 6. The molecule has 3 aromatic rings. The van der Waals surface area contributed by atoms with E-state index >= 15 is 0 Å². The van der Waals surface area contributed by atoms with Crippen LogP contribution < -0.4 is 15.0 Å². The molecule has 1 aliphatic heterocycles. The van der Waals surface area contributed by atoms with Crippen LogP contribution >= 0.6 is 0 Å². The number of alkyl halides is 3. The summed E-state index contributed by atoms with van der Waals surface area (Å²) in [6.45, 7) is 1.04. The minimum Gasteiger partial charge on any atom is -0.439 e. The Hall–Kier alpha value is -3.62. The van der Waals surface area contributed by atoms with Gasteiger partial charge in [-0.05, 0) is 36.6 Å². The van der Waals surface area contributed by atoms with Crippen LogP contribution in [-0.2, 0) is 17.5 Å². The number of aromatic nitrogens is 2. The number of hydrogen-bond acceptors (Lipinski definition) is 5. The van der Waals surface area contributed by atoms with Crippen molar-refractivity contribution in [2.45, 2.75) is 25.6 Å². The fourth-order valence-corrected chi connectivity index (χ4v) is 3.82. The summed E-state index contributed by atoms with van der Waals surface area (Å²) in [4.78, 5) is 23.1. The van der Waals surface area contributed by atoms with Crippen LogP contribution in [0.5, 0.6) is 11.6 Å². The third-order valence-corrected chi connectivity index (χ3v) is 5.56. The number of carbonyl (C=O) groups excluding carboxylic acids is 1. The Kier molecular flexibility index (Phi) is 6.76. The fourth-order valence-electron chi connectivity index (χ4n) is 3.82. The van der Waals surface area contributed by atoms with Crippen molar-refractivity contribution in [3.63, 3.8) is 0 Å². The van der Waals surface area contributed by atoms with E-state index < -0.39 is 11.7 Å². The molecule has 0 saturated carbocycles. The van der Waals surface area contributed by atoms with Gasteiger partial charge < -0.3 is 15.0 Å². The second kappa shape index (κ2) is 9.89. The van der Waals surface area contributed by atoms with E-state index in [2.05, 4.69) is 15.3 Å². The highest BCUT2D eigenvalue weighted by Crippen LogP contribution is 2.32. The summed E-state index contributed by atoms with van der Waals surface area (Å²) in [6, 6.07) is 16.3. The van der Waals surface area contributed by atoms with Crippen LogP contribution in [0.15, 0.2) is 67.0 Å². The Morgan fingerprint density at radius 3 is 2.45 bits per heavy atom. The lowest BCUT2D eigenvalue weighted by molar-refractivity contribution is -0.138. The molecule has 0 bridgehead atoms. The first-order valence-corrected chi connectivity index (χ1v) is 10.6. The molecule has 1 aliphatic rings. The Balaban J connectivity index is 1.31. The number of carbonyl (C=O) groups is 1. The monoisotopic (exact) mass is 456 g/mol. The van der Waals surface area contributed by atoms with Gasteiger partial charge in [0.15, 0.2) is 0 Å². The van der Waals surface area contributed by atoms with Gasteiger partial charge in [-0.3, -0.25) is 4.79 Å². The van der Waals surface area contributed by atoms with Gasteiger partial charge in [-0.1, -0.05) is 36.4 Å². The SMILES string of the molecule is O=C(NCc1ccccc1C(F)(F)F)C1CCN(c2cc(Oc3ccccc3)ncn2)CC1. The molecule has 1 aromatic heterocycles. The zero-order valence-corrected chi connectivity index (χ0v) is 17.8. The molecule has 172 valence electrons. The molecule has 1 N–H and O–H groups in total. The smallest absolute Gasteiger partial charge is 0.416 e. The van der Waals surface area contributed by atoms with Crippen LogP contribution in [0.3, 0.4) is 0 Å². The second-order valence-corrected chi connectivity index (χ2v) is 7.76. The molecule has 33 heavy (non-hydrogen) atoms. The molecular formula is C24H23F3N4O2. The molecule has 0 spiro atoms. The number of anilines is 1. The normalized spacial score (nSPS) is 14.7. The van der Waals surface area contributed by atoms with Crippen molar-refractivity contribution < 1.29 is 22.7 Å². The van der Waals surface area contributed by atoms with Gasteiger partial charge in [0.1, 0.15) is 17.9 Å². The number of hydrogen-bond donors (Lipinski definition) is 1. The van der Waals surface area contributed by atoms with E-state index in [9.17, 15) is 18.0 Å². The average molecular weight is 456 g/mol. The lowest BCUT2D eigenvalue weighted by Gasteiger charge is -2.32. The van der Waals surface area contributed by atoms with Gasteiger partial charge in [-0.2, -0.15) is 13.2 Å². The molecule has 4 rings (SSSR count). The number of para-hydroxylation sites is 1. The highest BCUT2D eigenvalue weighted by atomic mass is 19.4. The van der Waals surface area contributed by atoms with Crippen LogP contribution in [0.4, 0.5) is 19.0 Å². The minimum absolute atomic E-state index is 0.0581. The average Bonchev–Trinajstić information content (AvgIpc) is 2.83. The van der Waals surface area contributed by atoms with E-state index in [4.69, 9.17) is 4.74 Å². The molecule has 1 fully saturated rings. The molecule has 2 aromatic carbocycles. The Morgan fingerprint density at radius 1 is 1.03 bits per heavy atom. The van der Waals surface area contributed by atoms with Crippen LogP contribution in [0, 0.1) is 5.92 Å². The third kappa shape index (κ3) is 5.79. The maximum Gasteiger partial charge on any atom is 0.416 e. The maximum absolute atomic E-state index is 13.1. The predicted octanol–water partition coefficient (Wildman–Crippen LogP) is 4.82. The van der Waals surface area contributed by atoms with Crippen molar-refractivity contribution in [1.82, 2.24) is 15.3 Å². The first kappa shape index (κ1) is 22.6. The Labute approximate surface area is 189 Å². The molecule has 1 saturated heterocycles. The van der Waals surface area contributed by atoms with Crippen LogP contribution in [0.1, 0.15) is 24.0 Å². The molecule has 0 aliphatic carbocycles. The topological polar surface area (TPSA) is 67.4 Å². The largest absolute Gasteiger partial charge is 0.439 e. The number of amides is 1. The number of benzene rings is 2. The summed E-state index contributed by atoms with van der Waals surface area (Å²) in [6.07, 6.45) is -1.87. The standard InChI is InChI=1S/C24H23F3N4O2/c25-24(26,27)20-9-5-4-6-18(20)15-28-23(32)17-10-12-31(13-11-17)21-14-22(30-16-29-21)33-19-7-2-1-3-8-19/h1-9,14,16-17H,10-13,15H2,(H,28,32). The van der Waals surface area contributed by atoms with Crippen LogP contribution in [0.25, 0.3) is 0 Å². The highest BCUT2D eigenvalue weighted by Gasteiger charge is 2.33. The van der Waals surface area contributed by atoms with E-state index in [1.165, 1.54) is 24.5 Å². The van der Waals surface area contributed by atoms with Gasteiger partial charge in [0, 0.05) is 31.6 Å². The molecule has 0 unspecified atom stereocenters. The molecule has 0 atom stereocenters. The summed E-state index contributed by atoms with van der Waals surface area (Å²) in [7, 11) is 0.